The molecule has 1 amide bonds. The largest absolute Gasteiger partial charge is 0.489 e. The topological polar surface area (TPSA) is 68.7 Å². The van der Waals surface area contributed by atoms with Crippen molar-refractivity contribution in [2.45, 2.75) is 32.9 Å². The summed E-state index contributed by atoms with van der Waals surface area (Å²) in [6.07, 6.45) is 0.787. The Hall–Kier alpha value is -2.79. The Morgan fingerprint density at radius 1 is 1.18 bits per heavy atom. The van der Waals surface area contributed by atoms with Gasteiger partial charge >= 0.3 is 0 Å². The lowest BCUT2D eigenvalue weighted by molar-refractivity contribution is 0.0502. The molecule has 0 bridgehead atoms. The van der Waals surface area contributed by atoms with E-state index in [0.29, 0.717) is 24.4 Å². The molecule has 2 N–H and O–H groups in total. The van der Waals surface area contributed by atoms with E-state index >= 15 is 0 Å². The molecule has 28 heavy (non-hydrogen) atoms. The number of piperidine rings is 1. The van der Waals surface area contributed by atoms with Crippen LogP contribution in [0.5, 0.6) is 5.75 Å². The zero-order valence-electron chi connectivity index (χ0n) is 16.4. The molecular weight excluding hydrogens is 352 g/mol. The molecule has 0 aliphatic carbocycles. The lowest BCUT2D eigenvalue weighted by Crippen LogP contribution is -2.54. The van der Waals surface area contributed by atoms with Gasteiger partial charge in [0.2, 0.25) is 0 Å². The van der Waals surface area contributed by atoms with Crippen LogP contribution in [-0.2, 0) is 6.61 Å². The van der Waals surface area contributed by atoms with Crippen LogP contribution in [0.15, 0.2) is 59.0 Å². The number of para-hydroxylation sites is 2. The van der Waals surface area contributed by atoms with Crippen molar-refractivity contribution in [3.05, 3.63) is 65.9 Å². The van der Waals surface area contributed by atoms with Crippen LogP contribution in [-0.4, -0.2) is 29.9 Å². The molecule has 2 aromatic carbocycles. The number of likely N-dealkylation sites (tertiary alicyclic amines) is 1. The van der Waals surface area contributed by atoms with Gasteiger partial charge in [0, 0.05) is 30.1 Å². The predicted molar refractivity (Wildman–Crippen MR) is 109 cm³/mol. The van der Waals surface area contributed by atoms with Crippen LogP contribution in [0, 0.1) is 5.41 Å². The molecule has 0 spiro atoms. The monoisotopic (exact) mass is 378 g/mol. The first-order valence-corrected chi connectivity index (χ1v) is 9.69. The molecule has 0 saturated carbocycles. The SMILES string of the molecule is CC1(C)CN(C(=O)c2oc3ccccc3c2COc2ccccc2)CCC1N. The number of hydrogen-bond acceptors (Lipinski definition) is 4. The van der Waals surface area contributed by atoms with Crippen molar-refractivity contribution in [3.63, 3.8) is 0 Å². The summed E-state index contributed by atoms with van der Waals surface area (Å²) in [6, 6.07) is 17.4. The van der Waals surface area contributed by atoms with Crippen molar-refractivity contribution in [2.75, 3.05) is 13.1 Å². The van der Waals surface area contributed by atoms with Crippen molar-refractivity contribution >= 4 is 16.9 Å². The average molecular weight is 378 g/mol. The molecule has 1 aliphatic rings. The van der Waals surface area contributed by atoms with Gasteiger partial charge in [0.05, 0.1) is 0 Å². The third-order valence-corrected chi connectivity index (χ3v) is 5.62. The molecule has 1 aliphatic heterocycles. The molecule has 146 valence electrons. The minimum Gasteiger partial charge on any atom is -0.489 e. The van der Waals surface area contributed by atoms with Crippen LogP contribution in [0.4, 0.5) is 0 Å². The quantitative estimate of drug-likeness (QED) is 0.738. The second kappa shape index (κ2) is 7.32. The predicted octanol–water partition coefficient (Wildman–Crippen LogP) is 4.21. The minimum absolute atomic E-state index is 0.0908. The number of benzene rings is 2. The summed E-state index contributed by atoms with van der Waals surface area (Å²) in [5.41, 5.74) is 7.60. The number of ether oxygens (including phenoxy) is 1. The maximum atomic E-state index is 13.3. The normalized spacial score (nSPS) is 19.0. The molecule has 0 radical (unpaired) electrons. The summed E-state index contributed by atoms with van der Waals surface area (Å²) in [5.74, 6) is 1.03. The summed E-state index contributed by atoms with van der Waals surface area (Å²) in [7, 11) is 0. The summed E-state index contributed by atoms with van der Waals surface area (Å²) < 4.78 is 11.9. The third kappa shape index (κ3) is 3.50. The number of amides is 1. The number of nitrogens with zero attached hydrogens (tertiary/aromatic N) is 1. The molecule has 5 heteroatoms. The lowest BCUT2D eigenvalue weighted by atomic mass is 9.79. The van der Waals surface area contributed by atoms with Gasteiger partial charge in [-0.2, -0.15) is 0 Å². The second-order valence-electron chi connectivity index (χ2n) is 8.12. The summed E-state index contributed by atoms with van der Waals surface area (Å²) in [4.78, 5) is 15.2. The van der Waals surface area contributed by atoms with E-state index in [1.54, 1.807) is 0 Å². The van der Waals surface area contributed by atoms with E-state index in [1.807, 2.05) is 59.5 Å². The first-order valence-electron chi connectivity index (χ1n) is 9.69. The molecule has 5 nitrogen and oxygen atoms in total. The third-order valence-electron chi connectivity index (χ3n) is 5.62. The zero-order valence-corrected chi connectivity index (χ0v) is 16.4. The number of rotatable bonds is 4. The number of carbonyl (C=O) groups excluding carboxylic acids is 1. The van der Waals surface area contributed by atoms with E-state index in [0.717, 1.165) is 23.1 Å². The maximum absolute atomic E-state index is 13.3. The fraction of sp³-hybridized carbons (Fsp3) is 0.348. The van der Waals surface area contributed by atoms with Gasteiger partial charge in [-0.1, -0.05) is 50.2 Å². The lowest BCUT2D eigenvalue weighted by Gasteiger charge is -2.42. The van der Waals surface area contributed by atoms with Crippen LogP contribution < -0.4 is 10.5 Å². The highest BCUT2D eigenvalue weighted by Crippen LogP contribution is 2.32. The number of fused-ring (bicyclic) bond motifs is 1. The molecule has 1 unspecified atom stereocenters. The molecule has 1 aromatic heterocycles. The van der Waals surface area contributed by atoms with E-state index in [2.05, 4.69) is 13.8 Å². The van der Waals surface area contributed by atoms with E-state index in [9.17, 15) is 4.79 Å². The highest BCUT2D eigenvalue weighted by molar-refractivity contribution is 5.99. The Labute approximate surface area is 165 Å². The van der Waals surface area contributed by atoms with Gasteiger partial charge in [-0.25, -0.2) is 0 Å². The number of nitrogens with two attached hydrogens (primary N) is 1. The molecular formula is C23H26N2O3. The Bertz CT molecular complexity index is 978. The molecule has 2 heterocycles. The Morgan fingerprint density at radius 2 is 1.89 bits per heavy atom. The first kappa shape index (κ1) is 18.6. The van der Waals surface area contributed by atoms with Crippen molar-refractivity contribution in [1.82, 2.24) is 4.90 Å². The number of furan rings is 1. The number of carbonyl (C=O) groups is 1. The highest BCUT2D eigenvalue weighted by Gasteiger charge is 2.37. The fourth-order valence-electron chi connectivity index (χ4n) is 3.78. The van der Waals surface area contributed by atoms with Crippen molar-refractivity contribution in [3.8, 4) is 5.75 Å². The molecule has 1 fully saturated rings. The smallest absolute Gasteiger partial charge is 0.290 e. The van der Waals surface area contributed by atoms with E-state index in [4.69, 9.17) is 14.9 Å². The van der Waals surface area contributed by atoms with Crippen LogP contribution in [0.2, 0.25) is 0 Å². The fourth-order valence-corrected chi connectivity index (χ4v) is 3.78. The molecule has 3 aromatic rings. The highest BCUT2D eigenvalue weighted by atomic mass is 16.5. The van der Waals surface area contributed by atoms with Gasteiger partial charge in [0.25, 0.3) is 5.91 Å². The van der Waals surface area contributed by atoms with Crippen molar-refractivity contribution < 1.29 is 13.9 Å². The maximum Gasteiger partial charge on any atom is 0.290 e. The van der Waals surface area contributed by atoms with Crippen molar-refractivity contribution in [1.29, 1.82) is 0 Å². The molecule has 1 saturated heterocycles. The van der Waals surface area contributed by atoms with E-state index in [1.165, 1.54) is 0 Å². The minimum atomic E-state index is -0.124. The van der Waals surface area contributed by atoms with Gasteiger partial charge in [-0.05, 0) is 30.0 Å². The molecule has 1 atom stereocenters. The molecule has 4 rings (SSSR count). The van der Waals surface area contributed by atoms with Crippen LogP contribution in [0.3, 0.4) is 0 Å². The zero-order chi connectivity index (χ0) is 19.7. The Kier molecular flexibility index (Phi) is 4.85. The Balaban J connectivity index is 1.65. The van der Waals surface area contributed by atoms with Gasteiger partial charge in [0.1, 0.15) is 17.9 Å². The standard InChI is InChI=1S/C23H26N2O3/c1-23(2)15-25(13-12-20(23)24)22(26)21-18(14-27-16-8-4-3-5-9-16)17-10-6-7-11-19(17)28-21/h3-11,20H,12-15,24H2,1-2H3. The van der Waals surface area contributed by atoms with Gasteiger partial charge in [-0.15, -0.1) is 0 Å². The van der Waals surface area contributed by atoms with E-state index in [-0.39, 0.29) is 24.0 Å². The summed E-state index contributed by atoms with van der Waals surface area (Å²) in [6.45, 7) is 5.74. The van der Waals surface area contributed by atoms with Gasteiger partial charge in [0.15, 0.2) is 5.76 Å². The van der Waals surface area contributed by atoms with Crippen LogP contribution in [0.25, 0.3) is 11.0 Å². The average Bonchev–Trinajstić information content (AvgIpc) is 3.07. The summed E-state index contributed by atoms with van der Waals surface area (Å²) >= 11 is 0. The van der Waals surface area contributed by atoms with Gasteiger partial charge in [-0.3, -0.25) is 4.79 Å². The van der Waals surface area contributed by atoms with E-state index < -0.39 is 0 Å². The second-order valence-corrected chi connectivity index (χ2v) is 8.12. The van der Waals surface area contributed by atoms with Crippen LogP contribution in [0.1, 0.15) is 36.4 Å². The van der Waals surface area contributed by atoms with Crippen LogP contribution >= 0.6 is 0 Å². The number of hydrogen-bond donors (Lipinski definition) is 1. The Morgan fingerprint density at radius 3 is 2.64 bits per heavy atom. The van der Waals surface area contributed by atoms with Gasteiger partial charge < -0.3 is 19.8 Å². The summed E-state index contributed by atoms with van der Waals surface area (Å²) in [5, 5.41) is 0.912. The first-order chi connectivity index (χ1) is 13.5. The van der Waals surface area contributed by atoms with Crippen molar-refractivity contribution in [2.24, 2.45) is 11.1 Å².